The highest BCUT2D eigenvalue weighted by atomic mass is 79.9. The number of nitrogens with zero attached hydrogens (tertiary/aromatic N) is 1. The van der Waals surface area contributed by atoms with Crippen LogP contribution in [0, 0.1) is 0 Å². The van der Waals surface area contributed by atoms with Gasteiger partial charge in [0.2, 0.25) is 0 Å². The van der Waals surface area contributed by atoms with Crippen molar-refractivity contribution in [3.63, 3.8) is 0 Å². The smallest absolute Gasteiger partial charge is 0.328 e. The zero-order valence-corrected chi connectivity index (χ0v) is 13.3. The van der Waals surface area contributed by atoms with E-state index >= 15 is 0 Å². The van der Waals surface area contributed by atoms with E-state index in [1.807, 2.05) is 12.1 Å². The van der Waals surface area contributed by atoms with E-state index in [1.54, 1.807) is 6.08 Å². The van der Waals surface area contributed by atoms with Gasteiger partial charge >= 0.3 is 5.97 Å². The van der Waals surface area contributed by atoms with Crippen LogP contribution in [-0.4, -0.2) is 23.7 Å². The fourth-order valence-corrected chi connectivity index (χ4v) is 3.39. The Morgan fingerprint density at radius 3 is 2.95 bits per heavy atom. The van der Waals surface area contributed by atoms with Crippen LogP contribution in [-0.2, 0) is 4.79 Å². The lowest BCUT2D eigenvalue weighted by Gasteiger charge is -2.37. The number of hydrogen-bond acceptors (Lipinski definition) is 2. The molecule has 0 aromatic heterocycles. The minimum atomic E-state index is -0.924. The van der Waals surface area contributed by atoms with Gasteiger partial charge in [0.15, 0.2) is 0 Å². The van der Waals surface area contributed by atoms with Gasteiger partial charge in [-0.05, 0) is 65.4 Å². The molecule has 1 aliphatic heterocycles. The number of carbonyl (C=O) groups is 1. The molecule has 0 saturated carbocycles. The van der Waals surface area contributed by atoms with Crippen LogP contribution in [0.15, 0.2) is 28.7 Å². The van der Waals surface area contributed by atoms with Crippen LogP contribution in [0.5, 0.6) is 0 Å². The van der Waals surface area contributed by atoms with E-state index in [2.05, 4.69) is 33.8 Å². The quantitative estimate of drug-likeness (QED) is 0.832. The molecule has 2 rings (SSSR count). The molecule has 1 unspecified atom stereocenters. The summed E-state index contributed by atoms with van der Waals surface area (Å²) in [5, 5.41) is 8.66. The number of benzene rings is 1. The SMILES string of the molecule is CCC1CCCCN1c1ccc(/C=C/C(=O)O)cc1Br. The zero-order valence-electron chi connectivity index (χ0n) is 11.7. The molecule has 1 aromatic rings. The van der Waals surface area contributed by atoms with Gasteiger partial charge in [-0.1, -0.05) is 13.0 Å². The third-order valence-electron chi connectivity index (χ3n) is 3.80. The highest BCUT2D eigenvalue weighted by Gasteiger charge is 2.22. The predicted octanol–water partition coefficient (Wildman–Crippen LogP) is 4.32. The van der Waals surface area contributed by atoms with Gasteiger partial charge in [0.25, 0.3) is 0 Å². The number of aliphatic carboxylic acids is 1. The number of carboxylic acid groups (broad SMARTS) is 1. The number of rotatable bonds is 4. The molecule has 20 heavy (non-hydrogen) atoms. The van der Waals surface area contributed by atoms with E-state index in [-0.39, 0.29) is 0 Å². The largest absolute Gasteiger partial charge is 0.478 e. The molecule has 108 valence electrons. The molecule has 1 heterocycles. The Morgan fingerprint density at radius 2 is 2.30 bits per heavy atom. The summed E-state index contributed by atoms with van der Waals surface area (Å²) in [6, 6.07) is 6.65. The maximum atomic E-state index is 10.5. The van der Waals surface area contributed by atoms with Crippen LogP contribution in [0.4, 0.5) is 5.69 Å². The fraction of sp³-hybridized carbons (Fsp3) is 0.438. The molecule has 0 radical (unpaired) electrons. The Hall–Kier alpha value is -1.29. The molecule has 1 N–H and O–H groups in total. The number of carboxylic acids is 1. The molecular formula is C16H20BrNO2. The maximum absolute atomic E-state index is 10.5. The Morgan fingerprint density at radius 1 is 1.50 bits per heavy atom. The van der Waals surface area contributed by atoms with E-state index in [0.717, 1.165) is 29.1 Å². The van der Waals surface area contributed by atoms with Crippen molar-refractivity contribution in [2.75, 3.05) is 11.4 Å². The van der Waals surface area contributed by atoms with E-state index in [4.69, 9.17) is 5.11 Å². The minimum absolute atomic E-state index is 0.612. The second kappa shape index (κ2) is 6.93. The summed E-state index contributed by atoms with van der Waals surface area (Å²) in [5.74, 6) is -0.924. The average molecular weight is 338 g/mol. The second-order valence-corrected chi connectivity index (χ2v) is 5.99. The van der Waals surface area contributed by atoms with Crippen LogP contribution in [0.2, 0.25) is 0 Å². The third kappa shape index (κ3) is 3.63. The molecule has 1 aliphatic rings. The lowest BCUT2D eigenvalue weighted by molar-refractivity contribution is -0.131. The first-order valence-corrected chi connectivity index (χ1v) is 7.88. The first-order chi connectivity index (χ1) is 9.61. The maximum Gasteiger partial charge on any atom is 0.328 e. The number of anilines is 1. The van der Waals surface area contributed by atoms with E-state index in [0.29, 0.717) is 6.04 Å². The topological polar surface area (TPSA) is 40.5 Å². The van der Waals surface area contributed by atoms with Gasteiger partial charge in [-0.15, -0.1) is 0 Å². The van der Waals surface area contributed by atoms with Gasteiger partial charge in [0, 0.05) is 23.1 Å². The van der Waals surface area contributed by atoms with Crippen LogP contribution in [0.3, 0.4) is 0 Å². The lowest BCUT2D eigenvalue weighted by atomic mass is 9.99. The van der Waals surface area contributed by atoms with Gasteiger partial charge < -0.3 is 10.0 Å². The normalized spacial score (nSPS) is 19.5. The van der Waals surface area contributed by atoms with Crippen molar-refractivity contribution in [1.82, 2.24) is 0 Å². The van der Waals surface area contributed by atoms with Crippen LogP contribution in [0.25, 0.3) is 6.08 Å². The molecule has 0 spiro atoms. The molecule has 1 atom stereocenters. The Kier molecular flexibility index (Phi) is 5.24. The van der Waals surface area contributed by atoms with Crippen LogP contribution < -0.4 is 4.90 Å². The highest BCUT2D eigenvalue weighted by Crippen LogP contribution is 2.33. The third-order valence-corrected chi connectivity index (χ3v) is 4.43. The number of halogens is 1. The first-order valence-electron chi connectivity index (χ1n) is 7.09. The van der Waals surface area contributed by atoms with Crippen molar-refractivity contribution >= 4 is 33.7 Å². The summed E-state index contributed by atoms with van der Waals surface area (Å²) in [5.41, 5.74) is 2.11. The molecule has 0 bridgehead atoms. The van der Waals surface area contributed by atoms with Crippen molar-refractivity contribution in [3.05, 3.63) is 34.3 Å². The van der Waals surface area contributed by atoms with E-state index in [9.17, 15) is 4.79 Å². The van der Waals surface area contributed by atoms with Crippen LogP contribution >= 0.6 is 15.9 Å². The molecule has 1 saturated heterocycles. The summed E-state index contributed by atoms with van der Waals surface area (Å²) in [7, 11) is 0. The molecule has 0 amide bonds. The Labute approximate surface area is 128 Å². The van der Waals surface area contributed by atoms with Crippen molar-refractivity contribution in [1.29, 1.82) is 0 Å². The summed E-state index contributed by atoms with van der Waals surface area (Å²) >= 11 is 3.62. The van der Waals surface area contributed by atoms with Gasteiger partial charge in [0.1, 0.15) is 0 Å². The van der Waals surface area contributed by atoms with Gasteiger partial charge in [-0.2, -0.15) is 0 Å². The van der Waals surface area contributed by atoms with E-state index in [1.165, 1.54) is 24.9 Å². The Bertz CT molecular complexity index is 513. The second-order valence-electron chi connectivity index (χ2n) is 5.13. The number of piperidine rings is 1. The predicted molar refractivity (Wildman–Crippen MR) is 86.1 cm³/mol. The average Bonchev–Trinajstić information content (AvgIpc) is 2.45. The zero-order chi connectivity index (χ0) is 14.5. The standard InChI is InChI=1S/C16H20BrNO2/c1-2-13-5-3-4-10-18(13)15-8-6-12(11-14(15)17)7-9-16(19)20/h6-9,11,13H,2-5,10H2,1H3,(H,19,20)/b9-7+. The highest BCUT2D eigenvalue weighted by molar-refractivity contribution is 9.10. The molecular weight excluding hydrogens is 318 g/mol. The summed E-state index contributed by atoms with van der Waals surface area (Å²) in [6.45, 7) is 3.34. The first kappa shape index (κ1) is 15.1. The molecule has 3 nitrogen and oxygen atoms in total. The van der Waals surface area contributed by atoms with Gasteiger partial charge in [-0.3, -0.25) is 0 Å². The van der Waals surface area contributed by atoms with Crippen molar-refractivity contribution in [2.24, 2.45) is 0 Å². The van der Waals surface area contributed by atoms with Crippen molar-refractivity contribution in [3.8, 4) is 0 Å². The van der Waals surface area contributed by atoms with E-state index < -0.39 is 5.97 Å². The van der Waals surface area contributed by atoms with Gasteiger partial charge in [-0.25, -0.2) is 4.79 Å². The lowest BCUT2D eigenvalue weighted by Crippen LogP contribution is -2.39. The summed E-state index contributed by atoms with van der Waals surface area (Å²) in [6.07, 6.45) is 7.74. The summed E-state index contributed by atoms with van der Waals surface area (Å²) in [4.78, 5) is 13.0. The monoisotopic (exact) mass is 337 g/mol. The molecule has 4 heteroatoms. The number of hydrogen-bond donors (Lipinski definition) is 1. The fourth-order valence-electron chi connectivity index (χ4n) is 2.77. The molecule has 0 aliphatic carbocycles. The van der Waals surface area contributed by atoms with Crippen molar-refractivity contribution in [2.45, 2.75) is 38.6 Å². The molecule has 1 aromatic carbocycles. The Balaban J connectivity index is 2.22. The van der Waals surface area contributed by atoms with Gasteiger partial charge in [0.05, 0.1) is 5.69 Å². The minimum Gasteiger partial charge on any atom is -0.478 e. The van der Waals surface area contributed by atoms with Crippen LogP contribution in [0.1, 0.15) is 38.2 Å². The van der Waals surface area contributed by atoms with Crippen molar-refractivity contribution < 1.29 is 9.90 Å². The summed E-state index contributed by atoms with van der Waals surface area (Å²) < 4.78 is 1.03. The molecule has 1 fully saturated rings.